The van der Waals surface area contributed by atoms with Gasteiger partial charge in [0.1, 0.15) is 5.75 Å². The minimum absolute atomic E-state index is 0.0160. The van der Waals surface area contributed by atoms with Crippen molar-refractivity contribution in [3.8, 4) is 5.75 Å². The first-order chi connectivity index (χ1) is 12.6. The van der Waals surface area contributed by atoms with Crippen LogP contribution in [-0.2, 0) is 9.59 Å². The van der Waals surface area contributed by atoms with Gasteiger partial charge in [-0.25, -0.2) is 0 Å². The summed E-state index contributed by atoms with van der Waals surface area (Å²) in [6, 6.07) is 4.85. The Balaban J connectivity index is 2.48. The molecule has 0 aliphatic carbocycles. The van der Waals surface area contributed by atoms with Gasteiger partial charge < -0.3 is 15.0 Å². The molecule has 0 heterocycles. The molecule has 1 aromatic carbocycles. The van der Waals surface area contributed by atoms with Crippen LogP contribution in [0.4, 0.5) is 18.9 Å². The van der Waals surface area contributed by atoms with E-state index in [1.165, 1.54) is 12.1 Å². The Kier molecular flexibility index (Phi) is 9.07. The molecule has 0 unspecified atom stereocenters. The summed E-state index contributed by atoms with van der Waals surface area (Å²) in [5.41, 5.74) is 0.340. The SMILES string of the molecule is CCCCN(CC)C(=O)CN(C)CC(=O)Nc1ccc(OC(F)(F)F)cc1. The average molecular weight is 389 g/mol. The van der Waals surface area contributed by atoms with Gasteiger partial charge in [-0.05, 0) is 44.7 Å². The van der Waals surface area contributed by atoms with Crippen LogP contribution in [0.25, 0.3) is 0 Å². The maximum atomic E-state index is 12.2. The fraction of sp³-hybridized carbons (Fsp3) is 0.556. The third-order valence-electron chi connectivity index (χ3n) is 3.71. The van der Waals surface area contributed by atoms with Crippen molar-refractivity contribution in [1.82, 2.24) is 9.80 Å². The second-order valence-electron chi connectivity index (χ2n) is 6.12. The molecule has 27 heavy (non-hydrogen) atoms. The van der Waals surface area contributed by atoms with E-state index in [0.29, 0.717) is 18.8 Å². The smallest absolute Gasteiger partial charge is 0.406 e. The molecule has 0 atom stereocenters. The van der Waals surface area contributed by atoms with E-state index < -0.39 is 6.36 Å². The van der Waals surface area contributed by atoms with Gasteiger partial charge in [-0.2, -0.15) is 0 Å². The summed E-state index contributed by atoms with van der Waals surface area (Å²) < 4.78 is 40.1. The molecule has 0 fully saturated rings. The lowest BCUT2D eigenvalue weighted by molar-refractivity contribution is -0.274. The number of halogens is 3. The molecule has 0 aliphatic heterocycles. The number of carbonyl (C=O) groups is 2. The molecule has 0 spiro atoms. The highest BCUT2D eigenvalue weighted by Crippen LogP contribution is 2.23. The van der Waals surface area contributed by atoms with Crippen molar-refractivity contribution in [3.05, 3.63) is 24.3 Å². The Morgan fingerprint density at radius 1 is 1.11 bits per heavy atom. The molecule has 0 aromatic heterocycles. The summed E-state index contributed by atoms with van der Waals surface area (Å²) >= 11 is 0. The molecule has 1 rings (SSSR count). The van der Waals surface area contributed by atoms with E-state index in [1.54, 1.807) is 16.8 Å². The third kappa shape index (κ3) is 9.28. The van der Waals surface area contributed by atoms with Gasteiger partial charge in [-0.15, -0.1) is 13.2 Å². The fourth-order valence-electron chi connectivity index (χ4n) is 2.38. The number of hydrogen-bond acceptors (Lipinski definition) is 4. The van der Waals surface area contributed by atoms with Crippen LogP contribution in [0.5, 0.6) is 5.75 Å². The molecule has 0 saturated carbocycles. The lowest BCUT2D eigenvalue weighted by atomic mass is 10.3. The number of ether oxygens (including phenoxy) is 1. The zero-order valence-corrected chi connectivity index (χ0v) is 15.8. The minimum atomic E-state index is -4.76. The van der Waals surface area contributed by atoms with Gasteiger partial charge in [0.25, 0.3) is 0 Å². The number of nitrogens with one attached hydrogen (secondary N) is 1. The van der Waals surface area contributed by atoms with Crippen LogP contribution in [0.15, 0.2) is 24.3 Å². The maximum Gasteiger partial charge on any atom is 0.573 e. The van der Waals surface area contributed by atoms with Gasteiger partial charge >= 0.3 is 6.36 Å². The summed E-state index contributed by atoms with van der Waals surface area (Å²) in [5, 5.41) is 2.57. The lowest BCUT2D eigenvalue weighted by Crippen LogP contribution is -2.41. The van der Waals surface area contributed by atoms with Crippen molar-refractivity contribution in [2.45, 2.75) is 33.1 Å². The van der Waals surface area contributed by atoms with Crippen LogP contribution >= 0.6 is 0 Å². The van der Waals surface area contributed by atoms with E-state index in [1.807, 2.05) is 6.92 Å². The van der Waals surface area contributed by atoms with Crippen LogP contribution in [0, 0.1) is 0 Å². The van der Waals surface area contributed by atoms with E-state index in [0.717, 1.165) is 25.0 Å². The van der Waals surface area contributed by atoms with Crippen molar-refractivity contribution < 1.29 is 27.5 Å². The van der Waals surface area contributed by atoms with Crippen LogP contribution in [-0.4, -0.2) is 61.2 Å². The van der Waals surface area contributed by atoms with E-state index in [2.05, 4.69) is 17.0 Å². The number of rotatable bonds is 10. The van der Waals surface area contributed by atoms with Crippen LogP contribution in [0.3, 0.4) is 0 Å². The number of amides is 2. The van der Waals surface area contributed by atoms with Crippen LogP contribution in [0.2, 0.25) is 0 Å². The molecular formula is C18H26F3N3O3. The summed E-state index contributed by atoms with van der Waals surface area (Å²) in [5.74, 6) is -0.781. The maximum absolute atomic E-state index is 12.2. The van der Waals surface area contributed by atoms with Crippen molar-refractivity contribution >= 4 is 17.5 Å². The molecule has 152 valence electrons. The summed E-state index contributed by atoms with van der Waals surface area (Å²) in [6.07, 6.45) is -2.84. The highest BCUT2D eigenvalue weighted by Gasteiger charge is 2.31. The van der Waals surface area contributed by atoms with Gasteiger partial charge in [-0.1, -0.05) is 13.3 Å². The Bertz CT molecular complexity index is 606. The zero-order valence-electron chi connectivity index (χ0n) is 15.8. The highest BCUT2D eigenvalue weighted by atomic mass is 19.4. The third-order valence-corrected chi connectivity index (χ3v) is 3.71. The lowest BCUT2D eigenvalue weighted by Gasteiger charge is -2.24. The summed E-state index contributed by atoms with van der Waals surface area (Å²) in [4.78, 5) is 27.6. The van der Waals surface area contributed by atoms with E-state index in [4.69, 9.17) is 0 Å². The molecule has 0 bridgehead atoms. The predicted octanol–water partition coefficient (Wildman–Crippen LogP) is 3.10. The summed E-state index contributed by atoms with van der Waals surface area (Å²) in [7, 11) is 1.66. The molecule has 0 saturated heterocycles. The molecule has 9 heteroatoms. The number of nitrogens with zero attached hydrogens (tertiary/aromatic N) is 2. The summed E-state index contributed by atoms with van der Waals surface area (Å²) in [6.45, 7) is 5.37. The van der Waals surface area contributed by atoms with E-state index >= 15 is 0 Å². The van der Waals surface area contributed by atoms with E-state index in [-0.39, 0.29) is 30.7 Å². The predicted molar refractivity (Wildman–Crippen MR) is 96.4 cm³/mol. The first-order valence-corrected chi connectivity index (χ1v) is 8.76. The van der Waals surface area contributed by atoms with Gasteiger partial charge in [0.05, 0.1) is 13.1 Å². The number of likely N-dealkylation sites (N-methyl/N-ethyl adjacent to an activating group) is 2. The number of carbonyl (C=O) groups excluding carboxylic acids is 2. The Hall–Kier alpha value is -2.29. The molecule has 1 aromatic rings. The second-order valence-corrected chi connectivity index (χ2v) is 6.12. The number of hydrogen-bond donors (Lipinski definition) is 1. The van der Waals surface area contributed by atoms with Crippen molar-refractivity contribution in [2.75, 3.05) is 38.5 Å². The standard InChI is InChI=1S/C18H26F3N3O3/c1-4-6-11-24(5-2)17(26)13-23(3)12-16(25)22-14-7-9-15(10-8-14)27-18(19,20)21/h7-10H,4-6,11-13H2,1-3H3,(H,22,25). The van der Waals surface area contributed by atoms with E-state index in [9.17, 15) is 22.8 Å². The second kappa shape index (κ2) is 10.8. The van der Waals surface area contributed by atoms with Crippen molar-refractivity contribution in [2.24, 2.45) is 0 Å². The Morgan fingerprint density at radius 3 is 2.26 bits per heavy atom. The van der Waals surface area contributed by atoms with Crippen molar-refractivity contribution in [3.63, 3.8) is 0 Å². The van der Waals surface area contributed by atoms with Gasteiger partial charge in [0.2, 0.25) is 11.8 Å². The number of alkyl halides is 3. The van der Waals surface area contributed by atoms with Gasteiger partial charge in [-0.3, -0.25) is 14.5 Å². The zero-order chi connectivity index (χ0) is 20.4. The number of anilines is 1. The first kappa shape index (κ1) is 22.8. The highest BCUT2D eigenvalue weighted by molar-refractivity contribution is 5.92. The molecule has 0 radical (unpaired) electrons. The number of unbranched alkanes of at least 4 members (excludes halogenated alkanes) is 1. The molecule has 6 nitrogen and oxygen atoms in total. The average Bonchev–Trinajstić information content (AvgIpc) is 2.55. The quantitative estimate of drug-likeness (QED) is 0.668. The Labute approximate surface area is 157 Å². The molecular weight excluding hydrogens is 363 g/mol. The fourth-order valence-corrected chi connectivity index (χ4v) is 2.38. The molecule has 1 N–H and O–H groups in total. The monoisotopic (exact) mass is 389 g/mol. The minimum Gasteiger partial charge on any atom is -0.406 e. The first-order valence-electron chi connectivity index (χ1n) is 8.76. The van der Waals surface area contributed by atoms with Crippen LogP contribution < -0.4 is 10.1 Å². The molecule has 2 amide bonds. The van der Waals surface area contributed by atoms with Gasteiger partial charge in [0, 0.05) is 18.8 Å². The Morgan fingerprint density at radius 2 is 1.74 bits per heavy atom. The van der Waals surface area contributed by atoms with Gasteiger partial charge in [0.15, 0.2) is 0 Å². The number of benzene rings is 1. The normalized spacial score (nSPS) is 11.4. The van der Waals surface area contributed by atoms with Crippen molar-refractivity contribution in [1.29, 1.82) is 0 Å². The van der Waals surface area contributed by atoms with Crippen LogP contribution in [0.1, 0.15) is 26.7 Å². The largest absolute Gasteiger partial charge is 0.573 e. The topological polar surface area (TPSA) is 61.9 Å². The molecule has 0 aliphatic rings.